The van der Waals surface area contributed by atoms with Crippen LogP contribution in [0.25, 0.3) is 0 Å². The van der Waals surface area contributed by atoms with Crippen LogP contribution in [0, 0.1) is 0 Å². The average Bonchev–Trinajstić information content (AvgIpc) is 2.49. The van der Waals surface area contributed by atoms with Gasteiger partial charge in [-0.05, 0) is 33.8 Å². The van der Waals surface area contributed by atoms with E-state index in [1.807, 2.05) is 27.7 Å². The summed E-state index contributed by atoms with van der Waals surface area (Å²) in [6.07, 6.45) is -3.91. The van der Waals surface area contributed by atoms with Crippen LogP contribution in [0.2, 0.25) is 5.15 Å². The first-order valence-corrected chi connectivity index (χ1v) is 6.56. The lowest BCUT2D eigenvalue weighted by molar-refractivity contribution is -0.274. The van der Waals surface area contributed by atoms with Crippen LogP contribution in [0.5, 0.6) is 5.75 Å². The third-order valence-electron chi connectivity index (χ3n) is 3.58. The SMILES string of the molecule is CC1(C)OB(c2cc(OC(F)(F)F)cnc2Cl)OC1(C)C. The second kappa shape index (κ2) is 5.03. The summed E-state index contributed by atoms with van der Waals surface area (Å²) in [5.74, 6) is -0.475. The van der Waals surface area contributed by atoms with Gasteiger partial charge in [-0.15, -0.1) is 13.2 Å². The summed E-state index contributed by atoms with van der Waals surface area (Å²) in [6, 6.07) is 1.12. The monoisotopic (exact) mass is 323 g/mol. The fourth-order valence-corrected chi connectivity index (χ4v) is 1.96. The molecule has 1 saturated heterocycles. The van der Waals surface area contributed by atoms with Gasteiger partial charge in [-0.3, -0.25) is 0 Å². The number of alkyl halides is 3. The molecule has 21 heavy (non-hydrogen) atoms. The fourth-order valence-electron chi connectivity index (χ4n) is 1.77. The summed E-state index contributed by atoms with van der Waals surface area (Å²) in [5.41, 5.74) is -1.08. The van der Waals surface area contributed by atoms with Crippen molar-refractivity contribution < 1.29 is 27.2 Å². The number of rotatable bonds is 2. The minimum absolute atomic E-state index is 0.00280. The highest BCUT2D eigenvalue weighted by Gasteiger charge is 2.52. The van der Waals surface area contributed by atoms with Gasteiger partial charge in [0.1, 0.15) is 10.9 Å². The lowest BCUT2D eigenvalue weighted by Gasteiger charge is -2.32. The summed E-state index contributed by atoms with van der Waals surface area (Å²) in [7, 11) is -0.910. The Hall–Kier alpha value is -0.985. The quantitative estimate of drug-likeness (QED) is 0.620. The number of nitrogens with zero attached hydrogens (tertiary/aromatic N) is 1. The van der Waals surface area contributed by atoms with Crippen LogP contribution >= 0.6 is 11.6 Å². The van der Waals surface area contributed by atoms with Crippen molar-refractivity contribution in [3.8, 4) is 5.75 Å². The smallest absolute Gasteiger partial charge is 0.404 e. The molecule has 0 radical (unpaired) electrons. The maximum atomic E-state index is 12.3. The van der Waals surface area contributed by atoms with Gasteiger partial charge >= 0.3 is 13.5 Å². The molecule has 1 aliphatic rings. The van der Waals surface area contributed by atoms with Crippen LogP contribution < -0.4 is 10.2 Å². The van der Waals surface area contributed by atoms with Gasteiger partial charge in [-0.2, -0.15) is 0 Å². The Morgan fingerprint density at radius 1 is 1.19 bits per heavy atom. The number of ether oxygens (including phenoxy) is 1. The summed E-state index contributed by atoms with van der Waals surface area (Å²) in [4.78, 5) is 3.68. The van der Waals surface area contributed by atoms with Crippen LogP contribution in [-0.2, 0) is 9.31 Å². The van der Waals surface area contributed by atoms with Gasteiger partial charge < -0.3 is 14.0 Å². The topological polar surface area (TPSA) is 40.6 Å². The predicted octanol–water partition coefficient (Wildman–Crippen LogP) is 2.93. The second-order valence-corrected chi connectivity index (χ2v) is 6.05. The molecule has 0 amide bonds. The second-order valence-electron chi connectivity index (χ2n) is 5.69. The molecule has 116 valence electrons. The largest absolute Gasteiger partial charge is 0.573 e. The Bertz CT molecular complexity index is 535. The molecule has 0 aliphatic carbocycles. The number of hydrogen-bond acceptors (Lipinski definition) is 4. The fraction of sp³-hybridized carbons (Fsp3) is 0.583. The predicted molar refractivity (Wildman–Crippen MR) is 71.6 cm³/mol. The molecule has 1 aromatic rings. The van der Waals surface area contributed by atoms with Crippen molar-refractivity contribution in [3.63, 3.8) is 0 Å². The molecule has 2 rings (SSSR count). The lowest BCUT2D eigenvalue weighted by atomic mass is 9.80. The van der Waals surface area contributed by atoms with E-state index >= 15 is 0 Å². The zero-order valence-corrected chi connectivity index (χ0v) is 12.7. The van der Waals surface area contributed by atoms with Gasteiger partial charge in [0, 0.05) is 5.46 Å². The van der Waals surface area contributed by atoms with Gasteiger partial charge in [-0.25, -0.2) is 4.98 Å². The molecule has 0 saturated carbocycles. The van der Waals surface area contributed by atoms with Crippen molar-refractivity contribution in [1.29, 1.82) is 0 Å². The molecule has 0 atom stereocenters. The minimum Gasteiger partial charge on any atom is -0.404 e. The standard InChI is InChI=1S/C12H14BClF3NO3/c1-10(2)11(3,4)21-13(20-10)8-5-7(6-18-9(8)14)19-12(15,16)17/h5-6H,1-4H3. The van der Waals surface area contributed by atoms with Crippen LogP contribution in [-0.4, -0.2) is 29.7 Å². The highest BCUT2D eigenvalue weighted by molar-refractivity contribution is 6.65. The van der Waals surface area contributed by atoms with E-state index < -0.39 is 30.4 Å². The maximum Gasteiger partial charge on any atom is 0.573 e. The van der Waals surface area contributed by atoms with Crippen LogP contribution in [0.1, 0.15) is 27.7 Å². The molecular formula is C12H14BClF3NO3. The molecule has 9 heteroatoms. The van der Waals surface area contributed by atoms with E-state index in [1.54, 1.807) is 0 Å². The number of hydrogen-bond donors (Lipinski definition) is 0. The first-order valence-electron chi connectivity index (χ1n) is 6.18. The third kappa shape index (κ3) is 3.44. The Kier molecular flexibility index (Phi) is 3.93. The van der Waals surface area contributed by atoms with E-state index in [4.69, 9.17) is 20.9 Å². The van der Waals surface area contributed by atoms with E-state index in [9.17, 15) is 13.2 Å². The normalized spacial score (nSPS) is 20.7. The Labute approximate surface area is 125 Å². The molecule has 4 nitrogen and oxygen atoms in total. The van der Waals surface area contributed by atoms with E-state index in [2.05, 4.69) is 9.72 Å². The van der Waals surface area contributed by atoms with Crippen molar-refractivity contribution in [1.82, 2.24) is 4.98 Å². The lowest BCUT2D eigenvalue weighted by Crippen LogP contribution is -2.41. The number of pyridine rings is 1. The molecular weight excluding hydrogens is 309 g/mol. The highest BCUT2D eigenvalue weighted by Crippen LogP contribution is 2.37. The molecule has 1 fully saturated rings. The molecule has 1 aromatic heterocycles. The first kappa shape index (κ1) is 16.4. The van der Waals surface area contributed by atoms with Crippen LogP contribution in [0.15, 0.2) is 12.3 Å². The van der Waals surface area contributed by atoms with Crippen LogP contribution in [0.3, 0.4) is 0 Å². The van der Waals surface area contributed by atoms with Crippen molar-refractivity contribution in [3.05, 3.63) is 17.4 Å². The third-order valence-corrected chi connectivity index (χ3v) is 3.90. The zero-order valence-electron chi connectivity index (χ0n) is 11.9. The molecule has 0 N–H and O–H groups in total. The minimum atomic E-state index is -4.80. The van der Waals surface area contributed by atoms with Gasteiger partial charge in [0.15, 0.2) is 0 Å². The summed E-state index contributed by atoms with van der Waals surface area (Å²) in [5, 5.41) is 0.00280. The maximum absolute atomic E-state index is 12.3. The zero-order chi connectivity index (χ0) is 16.1. The van der Waals surface area contributed by atoms with E-state index in [0.717, 1.165) is 12.3 Å². The summed E-state index contributed by atoms with van der Waals surface area (Å²) in [6.45, 7) is 7.30. The summed E-state index contributed by atoms with van der Waals surface area (Å²) < 4.78 is 52.0. The van der Waals surface area contributed by atoms with E-state index in [1.165, 1.54) is 0 Å². The molecule has 1 aliphatic heterocycles. The van der Waals surface area contributed by atoms with Crippen molar-refractivity contribution >= 4 is 24.2 Å². The Morgan fingerprint density at radius 2 is 1.71 bits per heavy atom. The van der Waals surface area contributed by atoms with E-state index in [-0.39, 0.29) is 10.6 Å². The van der Waals surface area contributed by atoms with Gasteiger partial charge in [0.05, 0.1) is 17.4 Å². The van der Waals surface area contributed by atoms with Gasteiger partial charge in [-0.1, -0.05) is 11.6 Å². The molecule has 0 spiro atoms. The van der Waals surface area contributed by atoms with Crippen molar-refractivity contribution in [2.24, 2.45) is 0 Å². The van der Waals surface area contributed by atoms with Crippen molar-refractivity contribution in [2.45, 2.75) is 45.3 Å². The molecule has 0 aromatic carbocycles. The summed E-state index contributed by atoms with van der Waals surface area (Å²) >= 11 is 5.93. The Morgan fingerprint density at radius 3 is 2.19 bits per heavy atom. The van der Waals surface area contributed by atoms with Gasteiger partial charge in [0.2, 0.25) is 0 Å². The molecule has 0 bridgehead atoms. The van der Waals surface area contributed by atoms with Crippen LogP contribution in [0.4, 0.5) is 13.2 Å². The Balaban J connectivity index is 2.31. The number of aromatic nitrogens is 1. The highest BCUT2D eigenvalue weighted by atomic mass is 35.5. The molecule has 2 heterocycles. The number of halogens is 4. The van der Waals surface area contributed by atoms with Gasteiger partial charge in [0.25, 0.3) is 0 Å². The average molecular weight is 324 g/mol. The molecule has 0 unspecified atom stereocenters. The first-order chi connectivity index (χ1) is 9.41. The van der Waals surface area contributed by atoms with Crippen molar-refractivity contribution in [2.75, 3.05) is 0 Å². The van der Waals surface area contributed by atoms with E-state index in [0.29, 0.717) is 0 Å².